The molecule has 22 heavy (non-hydrogen) atoms. The number of hydrogen-bond acceptors (Lipinski definition) is 4. The van der Waals surface area contributed by atoms with Gasteiger partial charge in [0, 0.05) is 31.7 Å². The van der Waals surface area contributed by atoms with Crippen LogP contribution in [0.4, 0.5) is 0 Å². The number of nitrogens with one attached hydrogen (secondary N) is 1. The first-order chi connectivity index (χ1) is 10.7. The van der Waals surface area contributed by atoms with Gasteiger partial charge in [-0.1, -0.05) is 29.8 Å². The summed E-state index contributed by atoms with van der Waals surface area (Å²) < 4.78 is 0. The van der Waals surface area contributed by atoms with Crippen LogP contribution in [0.1, 0.15) is 16.1 Å². The minimum Gasteiger partial charge on any atom is -0.335 e. The van der Waals surface area contributed by atoms with Gasteiger partial charge in [-0.2, -0.15) is 0 Å². The van der Waals surface area contributed by atoms with Crippen molar-refractivity contribution >= 4 is 17.5 Å². The van der Waals surface area contributed by atoms with Crippen molar-refractivity contribution in [2.45, 2.75) is 6.92 Å². The highest BCUT2D eigenvalue weighted by Gasteiger charge is 2.19. The summed E-state index contributed by atoms with van der Waals surface area (Å²) in [6.45, 7) is 4.98. The van der Waals surface area contributed by atoms with Crippen molar-refractivity contribution in [2.75, 3.05) is 26.2 Å². The van der Waals surface area contributed by atoms with Crippen LogP contribution in [0.2, 0.25) is 5.02 Å². The van der Waals surface area contributed by atoms with Crippen LogP contribution >= 0.6 is 11.6 Å². The number of benzene rings is 1. The number of piperazine rings is 1. The molecule has 1 fully saturated rings. The van der Waals surface area contributed by atoms with Crippen molar-refractivity contribution in [1.29, 1.82) is 0 Å². The van der Waals surface area contributed by atoms with Crippen LogP contribution in [0.25, 0.3) is 11.3 Å². The fourth-order valence-corrected chi connectivity index (χ4v) is 2.69. The molecule has 2 heterocycles. The Balaban J connectivity index is 1.83. The summed E-state index contributed by atoms with van der Waals surface area (Å²) in [5.74, 6) is -0.0733. The van der Waals surface area contributed by atoms with E-state index in [0.29, 0.717) is 29.5 Å². The van der Waals surface area contributed by atoms with Crippen molar-refractivity contribution in [3.05, 3.63) is 46.6 Å². The smallest absolute Gasteiger partial charge is 0.274 e. The highest BCUT2D eigenvalue weighted by atomic mass is 35.5. The van der Waals surface area contributed by atoms with Crippen LogP contribution in [0.5, 0.6) is 0 Å². The largest absolute Gasteiger partial charge is 0.335 e. The lowest BCUT2D eigenvalue weighted by molar-refractivity contribution is 0.0728. The molecule has 114 valence electrons. The molecule has 5 nitrogen and oxygen atoms in total. The number of carbonyl (C=O) groups is 1. The number of amides is 1. The summed E-state index contributed by atoms with van der Waals surface area (Å²) in [5.41, 5.74) is 2.86. The number of aromatic nitrogens is 2. The van der Waals surface area contributed by atoms with Gasteiger partial charge in [0.2, 0.25) is 0 Å². The fourth-order valence-electron chi connectivity index (χ4n) is 2.47. The third-order valence-corrected chi connectivity index (χ3v) is 4.26. The second-order valence-electron chi connectivity index (χ2n) is 5.28. The van der Waals surface area contributed by atoms with Gasteiger partial charge in [-0.15, -0.1) is 10.2 Å². The number of hydrogen-bond donors (Lipinski definition) is 1. The third kappa shape index (κ3) is 2.96. The molecule has 1 amide bonds. The maximum absolute atomic E-state index is 12.3. The molecule has 0 radical (unpaired) electrons. The van der Waals surface area contributed by atoms with E-state index in [-0.39, 0.29) is 5.91 Å². The van der Waals surface area contributed by atoms with Crippen molar-refractivity contribution in [3.8, 4) is 11.3 Å². The van der Waals surface area contributed by atoms with E-state index in [1.807, 2.05) is 25.1 Å². The lowest BCUT2D eigenvalue weighted by Gasteiger charge is -2.26. The Labute approximate surface area is 134 Å². The second-order valence-corrected chi connectivity index (χ2v) is 5.66. The molecular formula is C16H17ClN4O. The normalized spacial score (nSPS) is 14.9. The zero-order valence-electron chi connectivity index (χ0n) is 12.3. The van der Waals surface area contributed by atoms with E-state index in [1.165, 1.54) is 0 Å². The van der Waals surface area contributed by atoms with E-state index in [1.54, 1.807) is 17.0 Å². The molecular weight excluding hydrogens is 300 g/mol. The van der Waals surface area contributed by atoms with Gasteiger partial charge in [0.05, 0.1) is 10.7 Å². The van der Waals surface area contributed by atoms with E-state index >= 15 is 0 Å². The minimum atomic E-state index is -0.0733. The van der Waals surface area contributed by atoms with E-state index < -0.39 is 0 Å². The Bertz CT molecular complexity index is 681. The van der Waals surface area contributed by atoms with Crippen molar-refractivity contribution in [1.82, 2.24) is 20.4 Å². The fraction of sp³-hybridized carbons (Fsp3) is 0.312. The van der Waals surface area contributed by atoms with Gasteiger partial charge in [-0.05, 0) is 24.6 Å². The van der Waals surface area contributed by atoms with E-state index in [2.05, 4.69) is 15.5 Å². The van der Waals surface area contributed by atoms with Gasteiger partial charge in [-0.25, -0.2) is 0 Å². The van der Waals surface area contributed by atoms with Crippen LogP contribution in [0.15, 0.2) is 30.3 Å². The summed E-state index contributed by atoms with van der Waals surface area (Å²) in [6.07, 6.45) is 0. The Hall–Kier alpha value is -1.98. The van der Waals surface area contributed by atoms with Gasteiger partial charge in [0.1, 0.15) is 0 Å². The number of halogens is 1. The summed E-state index contributed by atoms with van der Waals surface area (Å²) in [5, 5.41) is 12.1. The Morgan fingerprint density at radius 3 is 2.64 bits per heavy atom. The highest BCUT2D eigenvalue weighted by Crippen LogP contribution is 2.28. The van der Waals surface area contributed by atoms with Crippen LogP contribution in [0, 0.1) is 6.92 Å². The third-order valence-electron chi connectivity index (χ3n) is 3.76. The second kappa shape index (κ2) is 6.42. The monoisotopic (exact) mass is 316 g/mol. The van der Waals surface area contributed by atoms with Crippen LogP contribution in [-0.2, 0) is 0 Å². The quantitative estimate of drug-likeness (QED) is 0.922. The van der Waals surface area contributed by atoms with Crippen LogP contribution in [-0.4, -0.2) is 47.2 Å². The van der Waals surface area contributed by atoms with Gasteiger partial charge in [-0.3, -0.25) is 4.79 Å². The summed E-state index contributed by atoms with van der Waals surface area (Å²) in [4.78, 5) is 14.1. The lowest BCUT2D eigenvalue weighted by atomic mass is 10.1. The highest BCUT2D eigenvalue weighted by molar-refractivity contribution is 6.34. The molecule has 1 aromatic heterocycles. The molecule has 0 atom stereocenters. The van der Waals surface area contributed by atoms with Crippen molar-refractivity contribution in [2.24, 2.45) is 0 Å². The topological polar surface area (TPSA) is 58.1 Å². The summed E-state index contributed by atoms with van der Waals surface area (Å²) >= 11 is 6.30. The van der Waals surface area contributed by atoms with Crippen molar-refractivity contribution in [3.63, 3.8) is 0 Å². The van der Waals surface area contributed by atoms with Crippen molar-refractivity contribution < 1.29 is 4.79 Å². The average molecular weight is 317 g/mol. The number of aryl methyl sites for hydroxylation is 1. The first-order valence-corrected chi connectivity index (χ1v) is 7.64. The number of nitrogens with zero attached hydrogens (tertiary/aromatic N) is 3. The number of carbonyl (C=O) groups excluding carboxylic acids is 1. The molecule has 1 aliphatic heterocycles. The predicted octanol–water partition coefficient (Wildman–Crippen LogP) is 2.15. The molecule has 0 unspecified atom stereocenters. The Kier molecular flexibility index (Phi) is 4.36. The first kappa shape index (κ1) is 14.9. The summed E-state index contributed by atoms with van der Waals surface area (Å²) in [7, 11) is 0. The van der Waals surface area contributed by atoms with Gasteiger partial charge < -0.3 is 10.2 Å². The van der Waals surface area contributed by atoms with Gasteiger partial charge in [0.25, 0.3) is 5.91 Å². The van der Waals surface area contributed by atoms with E-state index in [9.17, 15) is 4.79 Å². The Morgan fingerprint density at radius 2 is 1.95 bits per heavy atom. The molecule has 1 aromatic carbocycles. The van der Waals surface area contributed by atoms with Gasteiger partial charge in [0.15, 0.2) is 5.69 Å². The number of rotatable bonds is 2. The molecule has 1 saturated heterocycles. The maximum atomic E-state index is 12.3. The van der Waals surface area contributed by atoms with E-state index in [0.717, 1.165) is 24.2 Å². The lowest BCUT2D eigenvalue weighted by Crippen LogP contribution is -2.46. The molecule has 0 saturated carbocycles. The molecule has 3 rings (SSSR count). The molecule has 0 bridgehead atoms. The van der Waals surface area contributed by atoms with E-state index in [4.69, 9.17) is 11.6 Å². The molecule has 6 heteroatoms. The standard InChI is InChI=1S/C16H17ClN4O/c1-11-3-2-4-12(15(11)17)13-5-6-14(20-19-13)16(22)21-9-7-18-8-10-21/h2-6,18H,7-10H2,1H3. The maximum Gasteiger partial charge on any atom is 0.274 e. The zero-order valence-corrected chi connectivity index (χ0v) is 13.1. The van der Waals surface area contributed by atoms with Crippen LogP contribution < -0.4 is 5.32 Å². The summed E-state index contributed by atoms with van der Waals surface area (Å²) in [6, 6.07) is 9.28. The first-order valence-electron chi connectivity index (χ1n) is 7.26. The predicted molar refractivity (Wildman–Crippen MR) is 86.0 cm³/mol. The Morgan fingerprint density at radius 1 is 1.18 bits per heavy atom. The molecule has 1 N–H and O–H groups in total. The average Bonchev–Trinajstić information content (AvgIpc) is 2.58. The zero-order chi connectivity index (χ0) is 15.5. The SMILES string of the molecule is Cc1cccc(-c2ccc(C(=O)N3CCNCC3)nn2)c1Cl. The van der Waals surface area contributed by atoms with Gasteiger partial charge >= 0.3 is 0 Å². The molecule has 0 spiro atoms. The molecule has 1 aliphatic rings. The minimum absolute atomic E-state index is 0.0733. The molecule has 0 aliphatic carbocycles. The molecule has 2 aromatic rings. The van der Waals surface area contributed by atoms with Crippen LogP contribution in [0.3, 0.4) is 0 Å².